The van der Waals surface area contributed by atoms with Gasteiger partial charge in [0, 0.05) is 11.8 Å². The van der Waals surface area contributed by atoms with Gasteiger partial charge in [-0.2, -0.15) is 0 Å². The van der Waals surface area contributed by atoms with E-state index >= 15 is 0 Å². The first-order valence-corrected chi connectivity index (χ1v) is 11.4. The van der Waals surface area contributed by atoms with Gasteiger partial charge in [0.15, 0.2) is 0 Å². The Hall–Kier alpha value is -1.89. The van der Waals surface area contributed by atoms with Gasteiger partial charge >= 0.3 is 0 Å². The fourth-order valence-electron chi connectivity index (χ4n) is 5.54. The molecule has 29 heavy (non-hydrogen) atoms. The van der Waals surface area contributed by atoms with Crippen molar-refractivity contribution in [3.05, 3.63) is 68.8 Å². The van der Waals surface area contributed by atoms with Crippen LogP contribution in [0.5, 0.6) is 0 Å². The predicted molar refractivity (Wildman–Crippen MR) is 124 cm³/mol. The summed E-state index contributed by atoms with van der Waals surface area (Å²) in [5.41, 5.74) is 10.8. The molecule has 2 unspecified atom stereocenters. The molecule has 2 aromatic rings. The molecule has 0 N–H and O–H groups in total. The quantitative estimate of drug-likeness (QED) is 0.545. The number of ketones is 1. The summed E-state index contributed by atoms with van der Waals surface area (Å²) in [5.74, 6) is 0.862. The first-order chi connectivity index (χ1) is 13.8. The summed E-state index contributed by atoms with van der Waals surface area (Å²) in [5, 5.41) is 0. The standard InChI is InChI=1S/C28H38O/c1-18-12-20(3)26(21(4)13-18)16-24-10-8-7-9-11-25(28(24)29)17-27-22(5)14-19(2)15-23(27)6/h12-15,24-25H,7-11,16-17H2,1-6H3. The third-order valence-corrected chi connectivity index (χ3v) is 6.99. The zero-order chi connectivity index (χ0) is 21.1. The Kier molecular flexibility index (Phi) is 6.98. The number of carbonyl (C=O) groups is 1. The van der Waals surface area contributed by atoms with E-state index in [1.54, 1.807) is 0 Å². The molecule has 0 spiro atoms. The molecular weight excluding hydrogens is 352 g/mol. The van der Waals surface area contributed by atoms with Gasteiger partial charge < -0.3 is 0 Å². The van der Waals surface area contributed by atoms with Crippen molar-refractivity contribution in [3.8, 4) is 0 Å². The second kappa shape index (κ2) is 9.28. The molecule has 2 atom stereocenters. The summed E-state index contributed by atoms with van der Waals surface area (Å²) in [6.45, 7) is 13.1. The van der Waals surface area contributed by atoms with Gasteiger partial charge in [-0.3, -0.25) is 4.79 Å². The highest BCUT2D eigenvalue weighted by Gasteiger charge is 2.30. The van der Waals surface area contributed by atoms with E-state index in [2.05, 4.69) is 65.8 Å². The van der Waals surface area contributed by atoms with E-state index in [9.17, 15) is 4.79 Å². The Morgan fingerprint density at radius 1 is 0.621 bits per heavy atom. The molecule has 0 saturated heterocycles. The van der Waals surface area contributed by atoms with E-state index in [-0.39, 0.29) is 11.8 Å². The first-order valence-electron chi connectivity index (χ1n) is 11.4. The van der Waals surface area contributed by atoms with Gasteiger partial charge in [0.2, 0.25) is 0 Å². The Balaban J connectivity index is 1.85. The molecule has 0 amide bonds. The maximum atomic E-state index is 13.7. The second-order valence-corrected chi connectivity index (χ2v) is 9.60. The van der Waals surface area contributed by atoms with Crippen molar-refractivity contribution >= 4 is 5.78 Å². The van der Waals surface area contributed by atoms with Crippen molar-refractivity contribution in [2.45, 2.75) is 86.5 Å². The van der Waals surface area contributed by atoms with Crippen LogP contribution in [0.2, 0.25) is 0 Å². The molecule has 0 aromatic heterocycles. The Bertz CT molecular complexity index is 772. The third-order valence-electron chi connectivity index (χ3n) is 6.99. The average Bonchev–Trinajstić information content (AvgIpc) is 2.61. The number of rotatable bonds is 4. The van der Waals surface area contributed by atoms with E-state index in [0.717, 1.165) is 25.7 Å². The second-order valence-electron chi connectivity index (χ2n) is 9.60. The molecule has 0 radical (unpaired) electrons. The minimum absolute atomic E-state index is 0.173. The highest BCUT2D eigenvalue weighted by molar-refractivity contribution is 5.84. The Morgan fingerprint density at radius 2 is 0.966 bits per heavy atom. The predicted octanol–water partition coefficient (Wildman–Crippen LogP) is 7.09. The molecule has 1 aliphatic carbocycles. The highest BCUT2D eigenvalue weighted by atomic mass is 16.1. The fraction of sp³-hybridized carbons (Fsp3) is 0.536. The SMILES string of the molecule is Cc1cc(C)c(CC2CCCCCC(Cc3c(C)cc(C)cc3C)C2=O)c(C)c1. The van der Waals surface area contributed by atoms with Crippen LogP contribution >= 0.6 is 0 Å². The van der Waals surface area contributed by atoms with Crippen molar-refractivity contribution in [1.29, 1.82) is 0 Å². The van der Waals surface area contributed by atoms with Crippen molar-refractivity contribution in [2.24, 2.45) is 11.8 Å². The van der Waals surface area contributed by atoms with Crippen LogP contribution in [-0.2, 0) is 17.6 Å². The zero-order valence-corrected chi connectivity index (χ0v) is 19.3. The van der Waals surface area contributed by atoms with Gasteiger partial charge in [-0.1, -0.05) is 54.7 Å². The lowest BCUT2D eigenvalue weighted by Crippen LogP contribution is -2.29. The van der Waals surface area contributed by atoms with Crippen molar-refractivity contribution in [2.75, 3.05) is 0 Å². The van der Waals surface area contributed by atoms with E-state index < -0.39 is 0 Å². The molecule has 156 valence electrons. The molecule has 1 nitrogen and oxygen atoms in total. The summed E-state index contributed by atoms with van der Waals surface area (Å²) in [4.78, 5) is 13.7. The van der Waals surface area contributed by atoms with Gasteiger partial charge in [-0.05, 0) is 101 Å². The molecule has 1 heteroatoms. The third kappa shape index (κ3) is 5.18. The molecule has 0 aliphatic heterocycles. The summed E-state index contributed by atoms with van der Waals surface area (Å²) in [6.07, 6.45) is 7.57. The molecule has 1 aliphatic rings. The number of Topliss-reactive ketones (excluding diaryl/α,β-unsaturated/α-hetero) is 1. The minimum Gasteiger partial charge on any atom is -0.299 e. The van der Waals surface area contributed by atoms with Gasteiger partial charge in [0.25, 0.3) is 0 Å². The van der Waals surface area contributed by atoms with E-state index in [1.165, 1.54) is 63.8 Å². The van der Waals surface area contributed by atoms with Crippen LogP contribution in [0.4, 0.5) is 0 Å². The number of carbonyl (C=O) groups excluding carboxylic acids is 1. The van der Waals surface area contributed by atoms with Gasteiger partial charge in [0.1, 0.15) is 5.78 Å². The lowest BCUT2D eigenvalue weighted by Gasteiger charge is -2.27. The average molecular weight is 391 g/mol. The summed E-state index contributed by atoms with van der Waals surface area (Å²) >= 11 is 0. The number of hydrogen-bond donors (Lipinski definition) is 0. The van der Waals surface area contributed by atoms with Gasteiger partial charge in [-0.25, -0.2) is 0 Å². The minimum atomic E-state index is 0.173. The van der Waals surface area contributed by atoms with Crippen LogP contribution in [0.3, 0.4) is 0 Å². The molecule has 1 fully saturated rings. The molecule has 0 heterocycles. The van der Waals surface area contributed by atoms with E-state index in [0.29, 0.717) is 5.78 Å². The summed E-state index contributed by atoms with van der Waals surface area (Å²) in [7, 11) is 0. The van der Waals surface area contributed by atoms with E-state index in [1.807, 2.05) is 0 Å². The van der Waals surface area contributed by atoms with Crippen LogP contribution in [0.1, 0.15) is 76.6 Å². The zero-order valence-electron chi connectivity index (χ0n) is 19.3. The maximum Gasteiger partial charge on any atom is 0.139 e. The Morgan fingerprint density at radius 3 is 1.31 bits per heavy atom. The fourth-order valence-corrected chi connectivity index (χ4v) is 5.54. The largest absolute Gasteiger partial charge is 0.299 e. The Labute approximate surface area is 177 Å². The topological polar surface area (TPSA) is 17.1 Å². The highest BCUT2D eigenvalue weighted by Crippen LogP contribution is 2.32. The van der Waals surface area contributed by atoms with Crippen LogP contribution in [0, 0.1) is 53.4 Å². The maximum absolute atomic E-state index is 13.7. The first kappa shape index (κ1) is 21.8. The number of benzene rings is 2. The van der Waals surface area contributed by atoms with Crippen LogP contribution < -0.4 is 0 Å². The van der Waals surface area contributed by atoms with Gasteiger partial charge in [-0.15, -0.1) is 0 Å². The van der Waals surface area contributed by atoms with Crippen LogP contribution in [-0.4, -0.2) is 5.78 Å². The smallest absolute Gasteiger partial charge is 0.139 e. The summed E-state index contributed by atoms with van der Waals surface area (Å²) in [6, 6.07) is 9.08. The van der Waals surface area contributed by atoms with Gasteiger partial charge in [0.05, 0.1) is 0 Å². The van der Waals surface area contributed by atoms with Crippen molar-refractivity contribution < 1.29 is 4.79 Å². The number of aryl methyl sites for hydroxylation is 6. The van der Waals surface area contributed by atoms with Crippen LogP contribution in [0.15, 0.2) is 24.3 Å². The molecule has 0 bridgehead atoms. The van der Waals surface area contributed by atoms with Crippen LogP contribution in [0.25, 0.3) is 0 Å². The van der Waals surface area contributed by atoms with Crippen molar-refractivity contribution in [3.63, 3.8) is 0 Å². The molecule has 3 rings (SSSR count). The lowest BCUT2D eigenvalue weighted by molar-refractivity contribution is -0.127. The number of hydrogen-bond acceptors (Lipinski definition) is 1. The van der Waals surface area contributed by atoms with E-state index in [4.69, 9.17) is 0 Å². The monoisotopic (exact) mass is 390 g/mol. The summed E-state index contributed by atoms with van der Waals surface area (Å²) < 4.78 is 0. The lowest BCUT2D eigenvalue weighted by atomic mass is 9.76. The molecule has 1 saturated carbocycles. The molecular formula is C28H38O. The molecule has 2 aromatic carbocycles. The van der Waals surface area contributed by atoms with Crippen molar-refractivity contribution in [1.82, 2.24) is 0 Å². The normalized spacial score (nSPS) is 20.4.